The lowest BCUT2D eigenvalue weighted by Gasteiger charge is -2.33. The van der Waals surface area contributed by atoms with E-state index in [1.54, 1.807) is 18.4 Å². The molecule has 2 rings (SSSR count). The van der Waals surface area contributed by atoms with Crippen molar-refractivity contribution in [2.75, 3.05) is 11.9 Å². The van der Waals surface area contributed by atoms with Crippen molar-refractivity contribution >= 4 is 53.1 Å². The van der Waals surface area contributed by atoms with E-state index in [0.717, 1.165) is 0 Å². The quantitative estimate of drug-likeness (QED) is 0.616. The van der Waals surface area contributed by atoms with E-state index in [9.17, 15) is 9.59 Å². The van der Waals surface area contributed by atoms with Crippen LogP contribution in [0.5, 0.6) is 0 Å². The number of amides is 2. The Bertz CT molecular complexity index is 763. The summed E-state index contributed by atoms with van der Waals surface area (Å²) in [5, 5.41) is 7.88. The van der Waals surface area contributed by atoms with Gasteiger partial charge in [-0.1, -0.05) is 13.8 Å². The molecular formula is C17H26Cl2N4O3S. The van der Waals surface area contributed by atoms with Crippen LogP contribution in [0.15, 0.2) is 22.1 Å². The number of hydrogen-bond acceptors (Lipinski definition) is 6. The molecule has 2 aromatic heterocycles. The van der Waals surface area contributed by atoms with Gasteiger partial charge in [0.1, 0.15) is 5.76 Å². The van der Waals surface area contributed by atoms with E-state index in [-0.39, 0.29) is 49.0 Å². The molecule has 0 aromatic carbocycles. The second-order valence-corrected chi connectivity index (χ2v) is 7.35. The van der Waals surface area contributed by atoms with Crippen LogP contribution in [0.25, 0.3) is 0 Å². The van der Waals surface area contributed by atoms with Crippen LogP contribution in [-0.2, 0) is 11.2 Å². The Kier molecular flexibility index (Phi) is 10.0. The fraction of sp³-hybridized carbons (Fsp3) is 0.471. The second kappa shape index (κ2) is 10.7. The number of halogens is 2. The van der Waals surface area contributed by atoms with Crippen LogP contribution in [-0.4, -0.2) is 28.9 Å². The van der Waals surface area contributed by atoms with Gasteiger partial charge in [0.2, 0.25) is 5.91 Å². The fourth-order valence-electron chi connectivity index (χ4n) is 2.19. The molecular weight excluding hydrogens is 411 g/mol. The maximum Gasteiger partial charge on any atom is 0.260 e. The number of hydrogen-bond donors (Lipinski definition) is 3. The zero-order valence-corrected chi connectivity index (χ0v) is 18.1. The minimum absolute atomic E-state index is 0. The standard InChI is InChI=1S/C17H24N4O3S.2ClH/c1-10(2)17(4,9-18)21-14(22)7-12-8-25-16(19-12)20-15(23)13-5-6-24-11(13)3;;/h5-6,8,10H,7,9,18H2,1-4H3,(H,21,22)(H,19,20,23);2*1H. The molecule has 7 nitrogen and oxygen atoms in total. The first-order valence-electron chi connectivity index (χ1n) is 8.06. The summed E-state index contributed by atoms with van der Waals surface area (Å²) in [4.78, 5) is 28.7. The molecule has 4 N–H and O–H groups in total. The zero-order chi connectivity index (χ0) is 18.6. The molecule has 2 amide bonds. The molecule has 0 saturated heterocycles. The molecule has 2 aromatic rings. The molecule has 0 bridgehead atoms. The Hall–Kier alpha value is -1.61. The van der Waals surface area contributed by atoms with Gasteiger partial charge in [-0.2, -0.15) is 0 Å². The lowest BCUT2D eigenvalue weighted by molar-refractivity contribution is -0.122. The normalized spacial score (nSPS) is 12.5. The average Bonchev–Trinajstić information content (AvgIpc) is 3.15. The van der Waals surface area contributed by atoms with Crippen LogP contribution in [0.3, 0.4) is 0 Å². The van der Waals surface area contributed by atoms with Gasteiger partial charge in [0.25, 0.3) is 5.91 Å². The minimum atomic E-state index is -0.455. The molecule has 1 unspecified atom stereocenters. The molecule has 152 valence electrons. The molecule has 0 aliphatic heterocycles. The van der Waals surface area contributed by atoms with Gasteiger partial charge >= 0.3 is 0 Å². The van der Waals surface area contributed by atoms with E-state index in [1.165, 1.54) is 17.6 Å². The number of carbonyl (C=O) groups is 2. The van der Waals surface area contributed by atoms with Crippen molar-refractivity contribution in [2.45, 2.75) is 39.7 Å². The predicted octanol–water partition coefficient (Wildman–Crippen LogP) is 3.17. The van der Waals surface area contributed by atoms with Crippen LogP contribution in [0.4, 0.5) is 5.13 Å². The number of nitrogens with zero attached hydrogens (tertiary/aromatic N) is 1. The van der Waals surface area contributed by atoms with Crippen molar-refractivity contribution in [3.05, 3.63) is 34.7 Å². The monoisotopic (exact) mass is 436 g/mol. The SMILES string of the molecule is Cc1occc1C(=O)Nc1nc(CC(=O)NC(C)(CN)C(C)C)cs1.Cl.Cl. The van der Waals surface area contributed by atoms with E-state index in [1.807, 2.05) is 20.8 Å². The maximum absolute atomic E-state index is 12.3. The smallest absolute Gasteiger partial charge is 0.260 e. The zero-order valence-electron chi connectivity index (χ0n) is 15.7. The molecule has 1 atom stereocenters. The molecule has 0 aliphatic rings. The first kappa shape index (κ1) is 25.4. The van der Waals surface area contributed by atoms with Gasteiger partial charge < -0.3 is 15.5 Å². The Morgan fingerprint density at radius 3 is 2.56 bits per heavy atom. The maximum atomic E-state index is 12.3. The third kappa shape index (κ3) is 6.49. The van der Waals surface area contributed by atoms with E-state index >= 15 is 0 Å². The number of furan rings is 1. The Morgan fingerprint density at radius 1 is 1.37 bits per heavy atom. The van der Waals surface area contributed by atoms with E-state index in [2.05, 4.69) is 15.6 Å². The van der Waals surface area contributed by atoms with Gasteiger partial charge in [0, 0.05) is 11.9 Å². The molecule has 0 radical (unpaired) electrons. The van der Waals surface area contributed by atoms with Crippen molar-refractivity contribution in [1.29, 1.82) is 0 Å². The summed E-state index contributed by atoms with van der Waals surface area (Å²) in [5.74, 6) is 0.330. The third-order valence-corrected chi connectivity index (χ3v) is 5.15. The van der Waals surface area contributed by atoms with Crippen molar-refractivity contribution in [3.8, 4) is 0 Å². The summed E-state index contributed by atoms with van der Waals surface area (Å²) in [6, 6.07) is 1.60. The molecule has 0 saturated carbocycles. The van der Waals surface area contributed by atoms with Crippen LogP contribution >= 0.6 is 36.2 Å². The first-order valence-corrected chi connectivity index (χ1v) is 8.94. The Morgan fingerprint density at radius 2 is 2.04 bits per heavy atom. The van der Waals surface area contributed by atoms with Crippen molar-refractivity contribution in [2.24, 2.45) is 11.7 Å². The van der Waals surface area contributed by atoms with Gasteiger partial charge in [-0.15, -0.1) is 36.2 Å². The molecule has 0 spiro atoms. The molecule has 0 fully saturated rings. The lowest BCUT2D eigenvalue weighted by Crippen LogP contribution is -2.55. The second-order valence-electron chi connectivity index (χ2n) is 6.49. The van der Waals surface area contributed by atoms with Gasteiger partial charge in [-0.05, 0) is 25.8 Å². The summed E-state index contributed by atoms with van der Waals surface area (Å²) < 4.78 is 5.12. The topological polar surface area (TPSA) is 110 Å². The molecule has 0 aliphatic carbocycles. The minimum Gasteiger partial charge on any atom is -0.469 e. The summed E-state index contributed by atoms with van der Waals surface area (Å²) in [6.07, 6.45) is 1.60. The predicted molar refractivity (Wildman–Crippen MR) is 112 cm³/mol. The highest BCUT2D eigenvalue weighted by atomic mass is 35.5. The third-order valence-electron chi connectivity index (χ3n) is 4.34. The number of anilines is 1. The fourth-order valence-corrected chi connectivity index (χ4v) is 2.89. The highest BCUT2D eigenvalue weighted by Gasteiger charge is 2.28. The molecule has 10 heteroatoms. The van der Waals surface area contributed by atoms with E-state index < -0.39 is 5.54 Å². The van der Waals surface area contributed by atoms with E-state index in [0.29, 0.717) is 28.7 Å². The summed E-state index contributed by atoms with van der Waals surface area (Å²) in [5.41, 5.74) is 6.39. The summed E-state index contributed by atoms with van der Waals surface area (Å²) >= 11 is 1.27. The number of aromatic nitrogens is 1. The van der Waals surface area contributed by atoms with Crippen LogP contribution in [0.1, 0.15) is 42.6 Å². The number of aryl methyl sites for hydroxylation is 1. The number of thiazole rings is 1. The number of carbonyl (C=O) groups excluding carboxylic acids is 2. The largest absolute Gasteiger partial charge is 0.469 e. The number of rotatable bonds is 7. The van der Waals surface area contributed by atoms with Crippen LogP contribution in [0.2, 0.25) is 0 Å². The summed E-state index contributed by atoms with van der Waals surface area (Å²) in [7, 11) is 0. The average molecular weight is 437 g/mol. The van der Waals surface area contributed by atoms with Crippen molar-refractivity contribution in [3.63, 3.8) is 0 Å². The Balaban J connectivity index is 0.00000338. The molecule has 2 heterocycles. The molecule has 27 heavy (non-hydrogen) atoms. The highest BCUT2D eigenvalue weighted by molar-refractivity contribution is 7.14. The number of nitrogens with one attached hydrogen (secondary N) is 2. The van der Waals surface area contributed by atoms with E-state index in [4.69, 9.17) is 10.2 Å². The Labute approximate surface area is 175 Å². The van der Waals surface area contributed by atoms with Crippen LogP contribution in [0, 0.1) is 12.8 Å². The first-order chi connectivity index (χ1) is 11.7. The summed E-state index contributed by atoms with van der Waals surface area (Å²) in [6.45, 7) is 8.03. The van der Waals surface area contributed by atoms with Crippen molar-refractivity contribution in [1.82, 2.24) is 10.3 Å². The number of nitrogens with two attached hydrogens (primary N) is 1. The van der Waals surface area contributed by atoms with Gasteiger partial charge in [0.15, 0.2) is 5.13 Å². The van der Waals surface area contributed by atoms with Crippen LogP contribution < -0.4 is 16.4 Å². The highest BCUT2D eigenvalue weighted by Crippen LogP contribution is 2.19. The van der Waals surface area contributed by atoms with Crippen molar-refractivity contribution < 1.29 is 14.0 Å². The van der Waals surface area contributed by atoms with Gasteiger partial charge in [0.05, 0.1) is 29.5 Å². The lowest BCUT2D eigenvalue weighted by atomic mass is 9.88. The van der Waals surface area contributed by atoms with Gasteiger partial charge in [-0.25, -0.2) is 4.98 Å². The van der Waals surface area contributed by atoms with Gasteiger partial charge in [-0.3, -0.25) is 14.9 Å².